The standard InChI is InChI=1S/C14H20N2O3S/c1-4-10(2)16(9-13(17)18)14(19)15-11-7-5-6-8-12(11)20-3/h5-8,10H,4,9H2,1-3H3,(H,15,19)(H,17,18). The lowest BCUT2D eigenvalue weighted by Gasteiger charge is -2.27. The molecule has 0 spiro atoms. The van der Waals surface area contributed by atoms with Crippen molar-refractivity contribution in [3.8, 4) is 0 Å². The number of nitrogens with zero attached hydrogens (tertiary/aromatic N) is 1. The van der Waals surface area contributed by atoms with E-state index in [1.54, 1.807) is 6.07 Å². The van der Waals surface area contributed by atoms with Crippen LogP contribution >= 0.6 is 11.8 Å². The Bertz CT molecular complexity index is 479. The van der Waals surface area contributed by atoms with Crippen LogP contribution in [0.25, 0.3) is 0 Å². The minimum absolute atomic E-state index is 0.132. The fourth-order valence-corrected chi connectivity index (χ4v) is 2.28. The van der Waals surface area contributed by atoms with Crippen LogP contribution in [0.5, 0.6) is 0 Å². The monoisotopic (exact) mass is 296 g/mol. The second kappa shape index (κ2) is 7.79. The minimum atomic E-state index is -1.02. The molecular weight excluding hydrogens is 276 g/mol. The largest absolute Gasteiger partial charge is 0.480 e. The molecule has 0 aromatic heterocycles. The smallest absolute Gasteiger partial charge is 0.323 e. The molecule has 2 amide bonds. The van der Waals surface area contributed by atoms with Crippen molar-refractivity contribution in [3.05, 3.63) is 24.3 Å². The van der Waals surface area contributed by atoms with Crippen molar-refractivity contribution in [1.82, 2.24) is 4.90 Å². The van der Waals surface area contributed by atoms with Crippen molar-refractivity contribution in [2.45, 2.75) is 31.2 Å². The van der Waals surface area contributed by atoms with E-state index in [-0.39, 0.29) is 18.6 Å². The maximum absolute atomic E-state index is 12.3. The highest BCUT2D eigenvalue weighted by atomic mass is 32.2. The molecule has 110 valence electrons. The van der Waals surface area contributed by atoms with Crippen molar-refractivity contribution in [1.29, 1.82) is 0 Å². The Kier molecular flexibility index (Phi) is 6.38. The summed E-state index contributed by atoms with van der Waals surface area (Å²) in [4.78, 5) is 25.4. The van der Waals surface area contributed by atoms with Crippen molar-refractivity contribution in [2.24, 2.45) is 0 Å². The van der Waals surface area contributed by atoms with Crippen LogP contribution in [0.3, 0.4) is 0 Å². The zero-order valence-corrected chi connectivity index (χ0v) is 12.7. The molecule has 0 aliphatic heterocycles. The topological polar surface area (TPSA) is 69.6 Å². The number of para-hydroxylation sites is 1. The number of benzene rings is 1. The molecule has 6 heteroatoms. The van der Waals surface area contributed by atoms with Gasteiger partial charge in [-0.2, -0.15) is 0 Å². The molecular formula is C14H20N2O3S. The van der Waals surface area contributed by atoms with Gasteiger partial charge in [0, 0.05) is 10.9 Å². The van der Waals surface area contributed by atoms with Gasteiger partial charge in [-0.1, -0.05) is 19.1 Å². The average Bonchev–Trinajstić information content (AvgIpc) is 2.44. The lowest BCUT2D eigenvalue weighted by molar-refractivity contribution is -0.138. The molecule has 2 N–H and O–H groups in total. The molecule has 0 saturated heterocycles. The third-order valence-electron chi connectivity index (χ3n) is 3.04. The van der Waals surface area contributed by atoms with E-state index in [1.807, 2.05) is 38.3 Å². The maximum Gasteiger partial charge on any atom is 0.323 e. The minimum Gasteiger partial charge on any atom is -0.480 e. The van der Waals surface area contributed by atoms with Gasteiger partial charge in [-0.25, -0.2) is 4.79 Å². The van der Waals surface area contributed by atoms with Gasteiger partial charge >= 0.3 is 12.0 Å². The molecule has 1 atom stereocenters. The summed E-state index contributed by atoms with van der Waals surface area (Å²) >= 11 is 1.53. The van der Waals surface area contributed by atoms with E-state index >= 15 is 0 Å². The second-order valence-corrected chi connectivity index (χ2v) is 5.26. The van der Waals surface area contributed by atoms with Gasteiger partial charge in [-0.3, -0.25) is 4.79 Å². The van der Waals surface area contributed by atoms with E-state index in [0.717, 1.165) is 4.90 Å². The first-order valence-electron chi connectivity index (χ1n) is 6.42. The summed E-state index contributed by atoms with van der Waals surface area (Å²) in [5.41, 5.74) is 0.698. The number of rotatable bonds is 6. The number of carboxylic acids is 1. The van der Waals surface area contributed by atoms with Gasteiger partial charge in [0.2, 0.25) is 0 Å². The van der Waals surface area contributed by atoms with Gasteiger partial charge in [0.25, 0.3) is 0 Å². The number of aliphatic carboxylic acids is 1. The van der Waals surface area contributed by atoms with Gasteiger partial charge in [-0.15, -0.1) is 11.8 Å². The number of anilines is 1. The zero-order valence-electron chi connectivity index (χ0n) is 11.9. The Balaban J connectivity index is 2.87. The fraction of sp³-hybridized carbons (Fsp3) is 0.429. The predicted molar refractivity (Wildman–Crippen MR) is 81.3 cm³/mol. The average molecular weight is 296 g/mol. The van der Waals surface area contributed by atoms with Crippen LogP contribution in [0.4, 0.5) is 10.5 Å². The van der Waals surface area contributed by atoms with E-state index < -0.39 is 5.97 Å². The van der Waals surface area contributed by atoms with Crippen LogP contribution in [0, 0.1) is 0 Å². The summed E-state index contributed by atoms with van der Waals surface area (Å²) in [6, 6.07) is 6.92. The highest BCUT2D eigenvalue weighted by Gasteiger charge is 2.22. The van der Waals surface area contributed by atoms with E-state index in [2.05, 4.69) is 5.32 Å². The first-order valence-corrected chi connectivity index (χ1v) is 7.64. The summed E-state index contributed by atoms with van der Waals surface area (Å²) in [6.45, 7) is 3.45. The molecule has 0 radical (unpaired) electrons. The highest BCUT2D eigenvalue weighted by Crippen LogP contribution is 2.25. The highest BCUT2D eigenvalue weighted by molar-refractivity contribution is 7.98. The zero-order chi connectivity index (χ0) is 15.1. The molecule has 1 aromatic rings. The first kappa shape index (κ1) is 16.4. The quantitative estimate of drug-likeness (QED) is 0.791. The van der Waals surface area contributed by atoms with E-state index in [0.29, 0.717) is 12.1 Å². The van der Waals surface area contributed by atoms with E-state index in [9.17, 15) is 9.59 Å². The van der Waals surface area contributed by atoms with Crippen LogP contribution in [-0.4, -0.2) is 40.8 Å². The Morgan fingerprint density at radius 3 is 2.60 bits per heavy atom. The number of hydrogen-bond acceptors (Lipinski definition) is 3. The van der Waals surface area contributed by atoms with Crippen molar-refractivity contribution in [3.63, 3.8) is 0 Å². The fourth-order valence-electron chi connectivity index (χ4n) is 1.73. The number of nitrogens with one attached hydrogen (secondary N) is 1. The summed E-state index contributed by atoms with van der Waals surface area (Å²) in [6.07, 6.45) is 2.62. The SMILES string of the molecule is CCC(C)N(CC(=O)O)C(=O)Nc1ccccc1SC. The molecule has 20 heavy (non-hydrogen) atoms. The lowest BCUT2D eigenvalue weighted by Crippen LogP contribution is -2.44. The van der Waals surface area contributed by atoms with Crippen LogP contribution in [0.1, 0.15) is 20.3 Å². The van der Waals surface area contributed by atoms with Gasteiger partial charge in [0.15, 0.2) is 0 Å². The summed E-state index contributed by atoms with van der Waals surface area (Å²) in [7, 11) is 0. The Morgan fingerprint density at radius 2 is 2.05 bits per heavy atom. The molecule has 0 heterocycles. The number of carbonyl (C=O) groups is 2. The molecule has 5 nitrogen and oxygen atoms in total. The lowest BCUT2D eigenvalue weighted by atomic mass is 10.2. The number of hydrogen-bond donors (Lipinski definition) is 2. The summed E-state index contributed by atoms with van der Waals surface area (Å²) in [5, 5.41) is 11.7. The van der Waals surface area contributed by atoms with E-state index in [1.165, 1.54) is 16.7 Å². The van der Waals surface area contributed by atoms with Crippen molar-refractivity contribution in [2.75, 3.05) is 18.1 Å². The Hall–Kier alpha value is -1.69. The molecule has 0 aliphatic carbocycles. The maximum atomic E-state index is 12.3. The molecule has 0 bridgehead atoms. The number of urea groups is 1. The van der Waals surface area contributed by atoms with Crippen LogP contribution in [0.2, 0.25) is 0 Å². The third kappa shape index (κ3) is 4.45. The van der Waals surface area contributed by atoms with Gasteiger partial charge in [0.05, 0.1) is 5.69 Å². The normalized spacial score (nSPS) is 11.8. The molecule has 0 aliphatic rings. The second-order valence-electron chi connectivity index (χ2n) is 4.41. The van der Waals surface area contributed by atoms with Gasteiger partial charge in [-0.05, 0) is 31.7 Å². The molecule has 1 aromatic carbocycles. The van der Waals surface area contributed by atoms with Gasteiger partial charge in [0.1, 0.15) is 6.54 Å². The molecule has 1 unspecified atom stereocenters. The molecule has 0 fully saturated rings. The number of thioether (sulfide) groups is 1. The van der Waals surface area contributed by atoms with Crippen LogP contribution in [0.15, 0.2) is 29.2 Å². The summed E-state index contributed by atoms with van der Waals surface area (Å²) in [5.74, 6) is -1.02. The van der Waals surface area contributed by atoms with Crippen molar-refractivity contribution < 1.29 is 14.7 Å². The predicted octanol–water partition coefficient (Wildman–Crippen LogP) is 3.13. The van der Waals surface area contributed by atoms with Crippen LogP contribution in [-0.2, 0) is 4.79 Å². The van der Waals surface area contributed by atoms with E-state index in [4.69, 9.17) is 5.11 Å². The summed E-state index contributed by atoms with van der Waals surface area (Å²) < 4.78 is 0. The van der Waals surface area contributed by atoms with Crippen molar-refractivity contribution >= 4 is 29.4 Å². The molecule has 1 rings (SSSR count). The Labute approximate surface area is 123 Å². The number of carbonyl (C=O) groups excluding carboxylic acids is 1. The first-order chi connectivity index (χ1) is 9.49. The number of amides is 2. The third-order valence-corrected chi connectivity index (χ3v) is 3.83. The number of carboxylic acid groups (broad SMARTS) is 1. The molecule has 0 saturated carbocycles. The van der Waals surface area contributed by atoms with Crippen LogP contribution < -0.4 is 5.32 Å². The Morgan fingerprint density at radius 1 is 1.40 bits per heavy atom. The van der Waals surface area contributed by atoms with Gasteiger partial charge < -0.3 is 15.3 Å².